The minimum Gasteiger partial charge on any atom is -0.316 e. The van der Waals surface area contributed by atoms with Gasteiger partial charge in [0.1, 0.15) is 0 Å². The lowest BCUT2D eigenvalue weighted by molar-refractivity contribution is 0.121. The molecule has 0 heterocycles. The van der Waals surface area contributed by atoms with Gasteiger partial charge in [-0.2, -0.15) is 0 Å². The molecular weight excluding hydrogens is 218 g/mol. The fraction of sp³-hybridized carbons (Fsp3) is 1.00. The topological polar surface area (TPSA) is 12.0 Å². The molecule has 1 aliphatic rings. The van der Waals surface area contributed by atoms with Gasteiger partial charge >= 0.3 is 0 Å². The van der Waals surface area contributed by atoms with Crippen LogP contribution in [-0.2, 0) is 0 Å². The van der Waals surface area contributed by atoms with E-state index in [0.717, 1.165) is 17.8 Å². The molecule has 0 aromatic heterocycles. The second-order valence-electron chi connectivity index (χ2n) is 7.46. The monoisotopic (exact) mass is 253 g/mol. The summed E-state index contributed by atoms with van der Waals surface area (Å²) in [7, 11) is 0. The average Bonchev–Trinajstić information content (AvgIpc) is 2.34. The molecule has 1 heteroatoms. The normalized spacial score (nSPS) is 25.7. The standard InChI is InChI=1S/C17H35N/c1-6-15-7-9-16(10-8-15)17(4,5)11-12-18-13-14(2)3/h14-16,18H,6-13H2,1-5H3. The Morgan fingerprint density at radius 1 is 1.11 bits per heavy atom. The zero-order valence-electron chi connectivity index (χ0n) is 13.4. The number of hydrogen-bond acceptors (Lipinski definition) is 1. The van der Waals surface area contributed by atoms with Gasteiger partial charge in [0.15, 0.2) is 0 Å². The zero-order chi connectivity index (χ0) is 13.6. The van der Waals surface area contributed by atoms with E-state index in [1.54, 1.807) is 0 Å². The Bertz CT molecular complexity index is 212. The summed E-state index contributed by atoms with van der Waals surface area (Å²) in [6.07, 6.45) is 8.61. The largest absolute Gasteiger partial charge is 0.316 e. The predicted octanol–water partition coefficient (Wildman–Crippen LogP) is 4.86. The second kappa shape index (κ2) is 7.53. The number of rotatable bonds is 7. The molecule has 1 aliphatic carbocycles. The van der Waals surface area contributed by atoms with E-state index in [0.29, 0.717) is 5.41 Å². The highest BCUT2D eigenvalue weighted by molar-refractivity contribution is 4.83. The Kier molecular flexibility index (Phi) is 6.70. The molecule has 0 aromatic rings. The highest BCUT2D eigenvalue weighted by Crippen LogP contribution is 2.42. The minimum absolute atomic E-state index is 0.530. The summed E-state index contributed by atoms with van der Waals surface area (Å²) in [4.78, 5) is 0. The van der Waals surface area contributed by atoms with E-state index >= 15 is 0 Å². The van der Waals surface area contributed by atoms with E-state index in [4.69, 9.17) is 0 Å². The number of nitrogens with one attached hydrogen (secondary N) is 1. The molecule has 1 rings (SSSR count). The van der Waals surface area contributed by atoms with E-state index in [-0.39, 0.29) is 0 Å². The quantitative estimate of drug-likeness (QED) is 0.639. The van der Waals surface area contributed by atoms with Crippen molar-refractivity contribution in [3.05, 3.63) is 0 Å². The second-order valence-corrected chi connectivity index (χ2v) is 7.46. The van der Waals surface area contributed by atoms with Crippen molar-refractivity contribution in [3.63, 3.8) is 0 Å². The van der Waals surface area contributed by atoms with Gasteiger partial charge < -0.3 is 5.32 Å². The highest BCUT2D eigenvalue weighted by Gasteiger charge is 2.32. The third kappa shape index (κ3) is 5.30. The molecule has 18 heavy (non-hydrogen) atoms. The van der Waals surface area contributed by atoms with Crippen LogP contribution in [0.2, 0.25) is 0 Å². The summed E-state index contributed by atoms with van der Waals surface area (Å²) < 4.78 is 0. The smallest absolute Gasteiger partial charge is 0.00258 e. The van der Waals surface area contributed by atoms with Crippen molar-refractivity contribution in [3.8, 4) is 0 Å². The molecule has 1 fully saturated rings. The molecule has 0 aromatic carbocycles. The van der Waals surface area contributed by atoms with Crippen molar-refractivity contribution in [1.82, 2.24) is 5.32 Å². The van der Waals surface area contributed by atoms with Gasteiger partial charge in [0, 0.05) is 0 Å². The Morgan fingerprint density at radius 2 is 1.72 bits per heavy atom. The fourth-order valence-electron chi connectivity index (χ4n) is 3.36. The van der Waals surface area contributed by atoms with Crippen LogP contribution in [0.1, 0.15) is 73.1 Å². The first-order valence-corrected chi connectivity index (χ1v) is 8.16. The molecule has 1 saturated carbocycles. The van der Waals surface area contributed by atoms with Crippen molar-refractivity contribution in [2.75, 3.05) is 13.1 Å². The molecule has 0 aliphatic heterocycles. The van der Waals surface area contributed by atoms with Crippen LogP contribution in [0.3, 0.4) is 0 Å². The minimum atomic E-state index is 0.530. The molecular formula is C17H35N. The molecule has 0 bridgehead atoms. The summed E-state index contributed by atoms with van der Waals surface area (Å²) in [5.74, 6) is 2.75. The van der Waals surface area contributed by atoms with Crippen LogP contribution in [0.25, 0.3) is 0 Å². The third-order valence-electron chi connectivity index (χ3n) is 5.03. The predicted molar refractivity (Wildman–Crippen MR) is 81.8 cm³/mol. The maximum absolute atomic E-state index is 3.60. The molecule has 0 spiro atoms. The first-order chi connectivity index (χ1) is 8.45. The summed E-state index contributed by atoms with van der Waals surface area (Å²) in [5, 5.41) is 3.60. The maximum atomic E-state index is 3.60. The van der Waals surface area contributed by atoms with Gasteiger partial charge in [0.2, 0.25) is 0 Å². The molecule has 108 valence electrons. The fourth-order valence-corrected chi connectivity index (χ4v) is 3.36. The summed E-state index contributed by atoms with van der Waals surface area (Å²) in [6, 6.07) is 0. The molecule has 0 saturated heterocycles. The molecule has 1 N–H and O–H groups in total. The summed E-state index contributed by atoms with van der Waals surface area (Å²) in [6.45, 7) is 14.2. The first kappa shape index (κ1) is 16.0. The molecule has 0 unspecified atom stereocenters. The van der Waals surface area contributed by atoms with Gasteiger partial charge in [0.25, 0.3) is 0 Å². The van der Waals surface area contributed by atoms with Crippen LogP contribution in [0, 0.1) is 23.2 Å². The molecule has 0 amide bonds. The van der Waals surface area contributed by atoms with E-state index < -0.39 is 0 Å². The lowest BCUT2D eigenvalue weighted by Gasteiger charge is -2.39. The Balaban J connectivity index is 2.26. The molecule has 0 radical (unpaired) electrons. The lowest BCUT2D eigenvalue weighted by Crippen LogP contribution is -2.32. The molecule has 1 nitrogen and oxygen atoms in total. The van der Waals surface area contributed by atoms with E-state index in [9.17, 15) is 0 Å². The Hall–Kier alpha value is -0.0400. The van der Waals surface area contributed by atoms with Crippen molar-refractivity contribution >= 4 is 0 Å². The SMILES string of the molecule is CCC1CCC(C(C)(C)CCNCC(C)C)CC1. The van der Waals surface area contributed by atoms with Gasteiger partial charge in [-0.1, -0.05) is 53.9 Å². The van der Waals surface area contributed by atoms with Gasteiger partial charge in [0.05, 0.1) is 0 Å². The highest BCUT2D eigenvalue weighted by atomic mass is 14.9. The van der Waals surface area contributed by atoms with Crippen LogP contribution in [0.5, 0.6) is 0 Å². The van der Waals surface area contributed by atoms with Crippen molar-refractivity contribution < 1.29 is 0 Å². The average molecular weight is 253 g/mol. The van der Waals surface area contributed by atoms with Crippen molar-refractivity contribution in [1.29, 1.82) is 0 Å². The Labute approximate surface area is 115 Å². The maximum Gasteiger partial charge on any atom is -0.00258 e. The van der Waals surface area contributed by atoms with Crippen LogP contribution in [-0.4, -0.2) is 13.1 Å². The summed E-state index contributed by atoms with van der Waals surface area (Å²) >= 11 is 0. The molecule has 0 atom stereocenters. The third-order valence-corrected chi connectivity index (χ3v) is 5.03. The van der Waals surface area contributed by atoms with Gasteiger partial charge in [-0.3, -0.25) is 0 Å². The summed E-state index contributed by atoms with van der Waals surface area (Å²) in [5.41, 5.74) is 0.530. The zero-order valence-corrected chi connectivity index (χ0v) is 13.4. The van der Waals surface area contributed by atoms with Crippen LogP contribution in [0.15, 0.2) is 0 Å². The van der Waals surface area contributed by atoms with Crippen LogP contribution in [0.4, 0.5) is 0 Å². The number of hydrogen-bond donors (Lipinski definition) is 1. The van der Waals surface area contributed by atoms with Gasteiger partial charge in [-0.05, 0) is 55.5 Å². The van der Waals surface area contributed by atoms with Crippen LogP contribution < -0.4 is 5.32 Å². The van der Waals surface area contributed by atoms with E-state index in [2.05, 4.69) is 39.9 Å². The van der Waals surface area contributed by atoms with E-state index in [1.807, 2.05) is 0 Å². The van der Waals surface area contributed by atoms with Gasteiger partial charge in [-0.15, -0.1) is 0 Å². The van der Waals surface area contributed by atoms with Gasteiger partial charge in [-0.25, -0.2) is 0 Å². The van der Waals surface area contributed by atoms with Crippen LogP contribution >= 0.6 is 0 Å². The van der Waals surface area contributed by atoms with Crippen molar-refractivity contribution in [2.24, 2.45) is 23.2 Å². The van der Waals surface area contributed by atoms with Crippen molar-refractivity contribution in [2.45, 2.75) is 73.1 Å². The van der Waals surface area contributed by atoms with E-state index in [1.165, 1.54) is 51.6 Å². The first-order valence-electron chi connectivity index (χ1n) is 8.16. The lowest BCUT2D eigenvalue weighted by atomic mass is 9.67. The Morgan fingerprint density at radius 3 is 2.22 bits per heavy atom.